The average Bonchev–Trinajstić information content (AvgIpc) is 2.36. The number of fused-ring (bicyclic) bond motifs is 1. The molecule has 0 bridgehead atoms. The van der Waals surface area contributed by atoms with Crippen molar-refractivity contribution in [2.45, 2.75) is 31.7 Å². The zero-order valence-electron chi connectivity index (χ0n) is 10.6. The Morgan fingerprint density at radius 1 is 1.24 bits per heavy atom. The third-order valence-corrected chi connectivity index (χ3v) is 3.44. The van der Waals surface area contributed by atoms with E-state index in [1.165, 1.54) is 24.0 Å². The van der Waals surface area contributed by atoms with Gasteiger partial charge in [0.2, 0.25) is 5.91 Å². The molecule has 0 saturated carbocycles. The standard InChI is InChI=1S/C14H20N2O/c1-16(2)14(17)13(15)12-8-7-10-5-3-4-6-11(10)9-12/h7-9,13H,3-6,15H2,1-2H3. The van der Waals surface area contributed by atoms with Gasteiger partial charge in [-0.15, -0.1) is 0 Å². The number of benzene rings is 1. The summed E-state index contributed by atoms with van der Waals surface area (Å²) >= 11 is 0. The second-order valence-corrected chi connectivity index (χ2v) is 4.95. The Hall–Kier alpha value is -1.35. The Labute approximate surface area is 103 Å². The molecule has 17 heavy (non-hydrogen) atoms. The molecule has 1 aliphatic rings. The fraction of sp³-hybridized carbons (Fsp3) is 0.500. The van der Waals surface area contributed by atoms with Crippen LogP contribution in [-0.2, 0) is 17.6 Å². The molecule has 1 aliphatic carbocycles. The first-order valence-corrected chi connectivity index (χ1v) is 6.18. The molecule has 1 aromatic rings. The first-order valence-electron chi connectivity index (χ1n) is 6.18. The lowest BCUT2D eigenvalue weighted by atomic mass is 9.89. The van der Waals surface area contributed by atoms with E-state index >= 15 is 0 Å². The maximum absolute atomic E-state index is 11.8. The highest BCUT2D eigenvalue weighted by molar-refractivity contribution is 5.82. The highest BCUT2D eigenvalue weighted by atomic mass is 16.2. The topological polar surface area (TPSA) is 46.3 Å². The number of nitrogens with zero attached hydrogens (tertiary/aromatic N) is 1. The molecule has 0 aromatic heterocycles. The molecule has 1 atom stereocenters. The molecule has 2 N–H and O–H groups in total. The van der Waals surface area contributed by atoms with E-state index in [1.54, 1.807) is 19.0 Å². The average molecular weight is 232 g/mol. The molecular formula is C14H20N2O. The van der Waals surface area contributed by atoms with Crippen LogP contribution in [0.15, 0.2) is 18.2 Å². The van der Waals surface area contributed by atoms with E-state index in [4.69, 9.17) is 5.73 Å². The molecule has 92 valence electrons. The van der Waals surface area contributed by atoms with Crippen LogP contribution in [0.4, 0.5) is 0 Å². The molecule has 3 nitrogen and oxygen atoms in total. The summed E-state index contributed by atoms with van der Waals surface area (Å²) in [5, 5.41) is 0. The van der Waals surface area contributed by atoms with Gasteiger partial charge in [0.05, 0.1) is 0 Å². The van der Waals surface area contributed by atoms with Crippen molar-refractivity contribution >= 4 is 5.91 Å². The SMILES string of the molecule is CN(C)C(=O)C(N)c1ccc2c(c1)CCCC2. The minimum atomic E-state index is -0.530. The van der Waals surface area contributed by atoms with E-state index in [0.29, 0.717) is 0 Å². The summed E-state index contributed by atoms with van der Waals surface area (Å²) in [4.78, 5) is 13.4. The molecule has 0 heterocycles. The van der Waals surface area contributed by atoms with E-state index in [2.05, 4.69) is 12.1 Å². The third-order valence-electron chi connectivity index (χ3n) is 3.44. The van der Waals surface area contributed by atoms with Gasteiger partial charge in [0.15, 0.2) is 0 Å². The van der Waals surface area contributed by atoms with Gasteiger partial charge in [-0.2, -0.15) is 0 Å². The van der Waals surface area contributed by atoms with Crippen molar-refractivity contribution in [2.75, 3.05) is 14.1 Å². The maximum Gasteiger partial charge on any atom is 0.243 e. The summed E-state index contributed by atoms with van der Waals surface area (Å²) in [5.74, 6) is -0.0410. The van der Waals surface area contributed by atoms with Gasteiger partial charge in [0.1, 0.15) is 6.04 Å². The van der Waals surface area contributed by atoms with Gasteiger partial charge in [-0.05, 0) is 42.4 Å². The summed E-state index contributed by atoms with van der Waals surface area (Å²) in [6.45, 7) is 0. The second kappa shape index (κ2) is 4.88. The zero-order chi connectivity index (χ0) is 12.4. The van der Waals surface area contributed by atoms with E-state index in [-0.39, 0.29) is 5.91 Å². The van der Waals surface area contributed by atoms with E-state index in [0.717, 1.165) is 18.4 Å². The van der Waals surface area contributed by atoms with Crippen LogP contribution in [0, 0.1) is 0 Å². The van der Waals surface area contributed by atoms with Crippen LogP contribution in [0.25, 0.3) is 0 Å². The number of amides is 1. The van der Waals surface area contributed by atoms with Crippen LogP contribution in [-0.4, -0.2) is 24.9 Å². The van der Waals surface area contributed by atoms with E-state index in [1.807, 2.05) is 6.07 Å². The summed E-state index contributed by atoms with van der Waals surface area (Å²) in [6, 6.07) is 5.71. The lowest BCUT2D eigenvalue weighted by Crippen LogP contribution is -2.33. The molecule has 2 rings (SSSR count). The summed E-state index contributed by atoms with van der Waals surface area (Å²) in [6.07, 6.45) is 4.79. The molecular weight excluding hydrogens is 212 g/mol. The Morgan fingerprint density at radius 3 is 2.53 bits per heavy atom. The fourth-order valence-electron chi connectivity index (χ4n) is 2.37. The van der Waals surface area contributed by atoms with Crippen LogP contribution in [0.2, 0.25) is 0 Å². The Kier molecular flexibility index (Phi) is 3.48. The molecule has 1 aromatic carbocycles. The number of aryl methyl sites for hydroxylation is 2. The van der Waals surface area contributed by atoms with Crippen molar-refractivity contribution in [1.82, 2.24) is 4.90 Å². The molecule has 0 saturated heterocycles. The lowest BCUT2D eigenvalue weighted by Gasteiger charge is -2.20. The molecule has 1 unspecified atom stereocenters. The number of likely N-dealkylation sites (N-methyl/N-ethyl adjacent to an activating group) is 1. The van der Waals surface area contributed by atoms with Gasteiger partial charge in [0.25, 0.3) is 0 Å². The number of rotatable bonds is 2. The number of hydrogen-bond acceptors (Lipinski definition) is 2. The van der Waals surface area contributed by atoms with Gasteiger partial charge in [0, 0.05) is 14.1 Å². The van der Waals surface area contributed by atoms with Crippen LogP contribution in [0.5, 0.6) is 0 Å². The van der Waals surface area contributed by atoms with Crippen molar-refractivity contribution < 1.29 is 4.79 Å². The van der Waals surface area contributed by atoms with Gasteiger partial charge >= 0.3 is 0 Å². The Balaban J connectivity index is 2.24. The first kappa shape index (κ1) is 12.1. The molecule has 0 radical (unpaired) electrons. The van der Waals surface area contributed by atoms with Crippen LogP contribution in [0.1, 0.15) is 35.6 Å². The predicted molar refractivity (Wildman–Crippen MR) is 68.7 cm³/mol. The quantitative estimate of drug-likeness (QED) is 0.843. The largest absolute Gasteiger partial charge is 0.347 e. The number of carbonyl (C=O) groups excluding carboxylic acids is 1. The van der Waals surface area contributed by atoms with Crippen molar-refractivity contribution in [2.24, 2.45) is 5.73 Å². The summed E-state index contributed by atoms with van der Waals surface area (Å²) in [5.41, 5.74) is 9.71. The normalized spacial score (nSPS) is 16.2. The van der Waals surface area contributed by atoms with Crippen LogP contribution in [0.3, 0.4) is 0 Å². The van der Waals surface area contributed by atoms with Gasteiger partial charge in [-0.25, -0.2) is 0 Å². The Bertz CT molecular complexity index is 426. The zero-order valence-corrected chi connectivity index (χ0v) is 10.6. The Morgan fingerprint density at radius 2 is 1.88 bits per heavy atom. The van der Waals surface area contributed by atoms with Gasteiger partial charge < -0.3 is 10.6 Å². The summed E-state index contributed by atoms with van der Waals surface area (Å²) < 4.78 is 0. The van der Waals surface area contributed by atoms with Crippen molar-refractivity contribution in [3.63, 3.8) is 0 Å². The van der Waals surface area contributed by atoms with Gasteiger partial charge in [-0.3, -0.25) is 4.79 Å². The monoisotopic (exact) mass is 232 g/mol. The summed E-state index contributed by atoms with van der Waals surface area (Å²) in [7, 11) is 3.47. The molecule has 1 amide bonds. The maximum atomic E-state index is 11.8. The van der Waals surface area contributed by atoms with Crippen molar-refractivity contribution in [3.05, 3.63) is 34.9 Å². The molecule has 3 heteroatoms. The van der Waals surface area contributed by atoms with Crippen molar-refractivity contribution in [1.29, 1.82) is 0 Å². The number of nitrogens with two attached hydrogens (primary N) is 1. The van der Waals surface area contributed by atoms with Gasteiger partial charge in [-0.1, -0.05) is 18.2 Å². The van der Waals surface area contributed by atoms with Crippen LogP contribution < -0.4 is 5.73 Å². The van der Waals surface area contributed by atoms with E-state index in [9.17, 15) is 4.79 Å². The molecule has 0 aliphatic heterocycles. The smallest absolute Gasteiger partial charge is 0.243 e. The third kappa shape index (κ3) is 2.50. The van der Waals surface area contributed by atoms with E-state index < -0.39 is 6.04 Å². The minimum absolute atomic E-state index is 0.0410. The first-order chi connectivity index (χ1) is 8.09. The number of hydrogen-bond donors (Lipinski definition) is 1. The highest BCUT2D eigenvalue weighted by Gasteiger charge is 2.19. The number of carbonyl (C=O) groups is 1. The van der Waals surface area contributed by atoms with Crippen molar-refractivity contribution in [3.8, 4) is 0 Å². The highest BCUT2D eigenvalue weighted by Crippen LogP contribution is 2.24. The lowest BCUT2D eigenvalue weighted by molar-refractivity contribution is -0.130. The fourth-order valence-corrected chi connectivity index (χ4v) is 2.37. The predicted octanol–water partition coefficient (Wildman–Crippen LogP) is 1.65. The van der Waals surface area contributed by atoms with Crippen LogP contribution >= 0.6 is 0 Å². The molecule has 0 fully saturated rings. The second-order valence-electron chi connectivity index (χ2n) is 4.95. The molecule has 0 spiro atoms. The minimum Gasteiger partial charge on any atom is -0.347 e.